The van der Waals surface area contributed by atoms with E-state index in [1.165, 1.54) is 31.4 Å². The van der Waals surface area contributed by atoms with Crippen LogP contribution >= 0.6 is 11.6 Å². The number of sulfone groups is 1. The van der Waals surface area contributed by atoms with Crippen molar-refractivity contribution in [1.29, 1.82) is 0 Å². The maximum Gasteiger partial charge on any atom is 0.191 e. The van der Waals surface area contributed by atoms with Crippen LogP contribution in [0.1, 0.15) is 52.0 Å². The van der Waals surface area contributed by atoms with E-state index in [2.05, 4.69) is 33.9 Å². The van der Waals surface area contributed by atoms with E-state index in [4.69, 9.17) is 25.5 Å². The van der Waals surface area contributed by atoms with E-state index in [-0.39, 0.29) is 34.3 Å². The van der Waals surface area contributed by atoms with Crippen molar-refractivity contribution < 1.29 is 31.1 Å². The summed E-state index contributed by atoms with van der Waals surface area (Å²) in [6, 6.07) is 7.81. The number of hydrogen-bond acceptors (Lipinski definition) is 5. The monoisotopic (exact) mass is 612 g/mol. The molecule has 1 saturated carbocycles. The van der Waals surface area contributed by atoms with E-state index in [1.54, 1.807) is 6.26 Å². The Morgan fingerprint density at radius 2 is 1.75 bits per heavy atom. The van der Waals surface area contributed by atoms with Crippen molar-refractivity contribution in [3.05, 3.63) is 71.0 Å². The Morgan fingerprint density at radius 3 is 2.38 bits per heavy atom. The molecule has 1 aliphatic carbocycles. The van der Waals surface area contributed by atoms with Gasteiger partial charge in [0.1, 0.15) is 10.6 Å². The predicted molar refractivity (Wildman–Crippen MR) is 156 cm³/mol. The van der Waals surface area contributed by atoms with Crippen molar-refractivity contribution >= 4 is 29.8 Å². The zero-order chi connectivity index (χ0) is 29.6. The Balaban J connectivity index is 1.93. The third-order valence-corrected chi connectivity index (χ3v) is 16.6. The molecule has 0 bridgehead atoms. The highest BCUT2D eigenvalue weighted by molar-refractivity contribution is 7.92. The third-order valence-electron chi connectivity index (χ3n) is 9.30. The number of halogens is 3. The number of fused-ring (bicyclic) bond motifs is 3. The highest BCUT2D eigenvalue weighted by atomic mass is 35.5. The molecule has 220 valence electrons. The molecule has 0 saturated heterocycles. The summed E-state index contributed by atoms with van der Waals surface area (Å²) in [7, 11) is -4.86. The summed E-state index contributed by atoms with van der Waals surface area (Å²) in [5, 5.41) is 0.367. The second-order valence-corrected chi connectivity index (χ2v) is 19.9. The van der Waals surface area contributed by atoms with Gasteiger partial charge in [-0.1, -0.05) is 38.8 Å². The van der Waals surface area contributed by atoms with Crippen molar-refractivity contribution in [3.63, 3.8) is 0 Å². The Kier molecular flexibility index (Phi) is 8.56. The second-order valence-electron chi connectivity index (χ2n) is 12.4. The fraction of sp³-hybridized carbons (Fsp3) is 0.533. The Bertz CT molecular complexity index is 1370. The van der Waals surface area contributed by atoms with Crippen molar-refractivity contribution in [2.45, 2.75) is 74.2 Å². The molecule has 0 spiro atoms. The van der Waals surface area contributed by atoms with Crippen molar-refractivity contribution in [3.8, 4) is 5.75 Å². The largest absolute Gasteiger partial charge is 0.505 e. The molecule has 1 heterocycles. The maximum absolute atomic E-state index is 15.8. The van der Waals surface area contributed by atoms with Crippen molar-refractivity contribution in [1.82, 2.24) is 0 Å². The molecule has 1 aliphatic heterocycles. The van der Waals surface area contributed by atoms with Gasteiger partial charge in [0, 0.05) is 23.0 Å². The van der Waals surface area contributed by atoms with Gasteiger partial charge in [-0.05, 0) is 79.9 Å². The minimum absolute atomic E-state index is 0.00227. The molecule has 3 atom stereocenters. The molecule has 0 unspecified atom stereocenters. The number of ether oxygens (including phenoxy) is 2. The van der Waals surface area contributed by atoms with Gasteiger partial charge in [0.05, 0.1) is 30.4 Å². The molecule has 1 fully saturated rings. The predicted octanol–water partition coefficient (Wildman–Crippen LogP) is 8.04. The number of hydrogen-bond donors (Lipinski definition) is 0. The van der Waals surface area contributed by atoms with E-state index in [9.17, 15) is 8.42 Å². The van der Waals surface area contributed by atoms with E-state index >= 15 is 8.78 Å². The molecule has 10 heteroatoms. The number of allylic oxidation sites excluding steroid dienone is 1. The first-order valence-electron chi connectivity index (χ1n) is 13.6. The minimum Gasteiger partial charge on any atom is -0.505 e. The zero-order valence-corrected chi connectivity index (χ0v) is 26.6. The molecule has 0 N–H and O–H groups in total. The first-order chi connectivity index (χ1) is 18.6. The average Bonchev–Trinajstić information content (AvgIpc) is 2.88. The normalized spacial score (nSPS) is 25.3. The van der Waals surface area contributed by atoms with Crippen LogP contribution in [-0.2, 0) is 23.7 Å². The van der Waals surface area contributed by atoms with Gasteiger partial charge in [-0.15, -0.1) is 0 Å². The van der Waals surface area contributed by atoms with Crippen LogP contribution in [-0.4, -0.2) is 37.1 Å². The molecule has 40 heavy (non-hydrogen) atoms. The Morgan fingerprint density at radius 1 is 1.10 bits per heavy atom. The molecule has 2 aromatic carbocycles. The van der Waals surface area contributed by atoms with Crippen molar-refractivity contribution in [2.24, 2.45) is 11.3 Å². The summed E-state index contributed by atoms with van der Waals surface area (Å²) in [6.45, 7) is 11.1. The summed E-state index contributed by atoms with van der Waals surface area (Å²) in [5.41, 5.74) is -1.02. The molecular weight excluding hydrogens is 574 g/mol. The van der Waals surface area contributed by atoms with Gasteiger partial charge in [0.2, 0.25) is 0 Å². The van der Waals surface area contributed by atoms with Crippen LogP contribution in [0.4, 0.5) is 8.78 Å². The van der Waals surface area contributed by atoms with Gasteiger partial charge in [-0.3, -0.25) is 0 Å². The molecule has 2 aliphatic rings. The van der Waals surface area contributed by atoms with Crippen LogP contribution in [0.15, 0.2) is 53.6 Å². The molecule has 2 aromatic rings. The molecule has 4 rings (SSSR count). The summed E-state index contributed by atoms with van der Waals surface area (Å²) in [6.07, 6.45) is 5.10. The van der Waals surface area contributed by atoms with Crippen LogP contribution in [0.3, 0.4) is 0 Å². The molecule has 0 aromatic heterocycles. The minimum atomic E-state index is -4.28. The standard InChI is InChI=1S/C30H39ClF2O5SSi/c1-28(2,3)40(5,6)38-19-17-29(16-18-36-4)14-7-15-30(39(34,35)22-10-8-21(31)9-11-22)25(29)20-37-27-24(33)13-12-23(32)26(27)30/h8-13,16,18,25H,7,14-15,17,19-20H2,1-6H3/t25-,29-,30-/m0/s1. The summed E-state index contributed by atoms with van der Waals surface area (Å²) in [4.78, 5) is 0.00227. The van der Waals surface area contributed by atoms with Gasteiger partial charge >= 0.3 is 0 Å². The Labute approximate surface area is 242 Å². The first-order valence-corrected chi connectivity index (χ1v) is 18.4. The van der Waals surface area contributed by atoms with Crippen LogP contribution < -0.4 is 4.74 Å². The second kappa shape index (κ2) is 11.0. The summed E-state index contributed by atoms with van der Waals surface area (Å²) < 4.78 is 76.4. The smallest absolute Gasteiger partial charge is 0.191 e. The lowest BCUT2D eigenvalue weighted by Gasteiger charge is -2.55. The highest BCUT2D eigenvalue weighted by Crippen LogP contribution is 2.63. The van der Waals surface area contributed by atoms with E-state index in [1.807, 2.05) is 6.08 Å². The highest BCUT2D eigenvalue weighted by Gasteiger charge is 2.64. The van der Waals surface area contributed by atoms with E-state index < -0.39 is 45.9 Å². The third kappa shape index (κ3) is 5.12. The van der Waals surface area contributed by atoms with Gasteiger partial charge in [0.15, 0.2) is 29.7 Å². The van der Waals surface area contributed by atoms with Gasteiger partial charge < -0.3 is 13.9 Å². The topological polar surface area (TPSA) is 61.8 Å². The van der Waals surface area contributed by atoms with Crippen LogP contribution in [0, 0.1) is 23.0 Å². The number of benzene rings is 2. The van der Waals surface area contributed by atoms with Crippen LogP contribution in [0.2, 0.25) is 23.2 Å². The van der Waals surface area contributed by atoms with Gasteiger partial charge in [-0.2, -0.15) is 0 Å². The quantitative estimate of drug-likeness (QED) is 0.223. The molecule has 5 nitrogen and oxygen atoms in total. The lowest BCUT2D eigenvalue weighted by Crippen LogP contribution is -2.58. The fourth-order valence-electron chi connectivity index (χ4n) is 6.11. The van der Waals surface area contributed by atoms with Gasteiger partial charge in [0.25, 0.3) is 0 Å². The van der Waals surface area contributed by atoms with E-state index in [0.717, 1.165) is 12.1 Å². The molecule has 0 amide bonds. The fourth-order valence-corrected chi connectivity index (χ4v) is 9.74. The summed E-state index contributed by atoms with van der Waals surface area (Å²) >= 11 is 6.08. The van der Waals surface area contributed by atoms with E-state index in [0.29, 0.717) is 30.9 Å². The number of methoxy groups -OCH3 is 1. The average molecular weight is 613 g/mol. The first kappa shape index (κ1) is 31.0. The van der Waals surface area contributed by atoms with Crippen LogP contribution in [0.25, 0.3) is 0 Å². The van der Waals surface area contributed by atoms with Gasteiger partial charge in [-0.25, -0.2) is 17.2 Å². The number of rotatable bonds is 8. The molecule has 0 radical (unpaired) electrons. The SMILES string of the molecule is COC=C[C@]1(CCO[Si](C)(C)C(C)(C)C)CCC[C@@]2(S(=O)(=O)c3ccc(Cl)cc3)c3c(F)ccc(F)c3OC[C@@H]12. The lowest BCUT2D eigenvalue weighted by atomic mass is 9.57. The Hall–Kier alpha value is -1.94. The lowest BCUT2D eigenvalue weighted by molar-refractivity contribution is 0.0147. The summed E-state index contributed by atoms with van der Waals surface area (Å²) in [5.74, 6) is -2.67. The van der Waals surface area contributed by atoms with Crippen LogP contribution in [0.5, 0.6) is 5.75 Å². The molecular formula is C30H39ClF2O5SSi. The van der Waals surface area contributed by atoms with Crippen molar-refractivity contribution in [2.75, 3.05) is 20.3 Å². The zero-order valence-electron chi connectivity index (χ0n) is 24.0. The maximum atomic E-state index is 15.8.